The summed E-state index contributed by atoms with van der Waals surface area (Å²) >= 11 is 0. The zero-order chi connectivity index (χ0) is 29.7. The number of nitrogens with two attached hydrogens (primary N) is 1. The third-order valence-corrected chi connectivity index (χ3v) is 8.30. The van der Waals surface area contributed by atoms with Crippen LogP contribution < -0.4 is 15.8 Å². The van der Waals surface area contributed by atoms with Crippen molar-refractivity contribution >= 4 is 27.3 Å². The molecule has 41 heavy (non-hydrogen) atoms. The van der Waals surface area contributed by atoms with Crippen LogP contribution >= 0.6 is 0 Å². The summed E-state index contributed by atoms with van der Waals surface area (Å²) in [4.78, 5) is 20.6. The molecule has 0 radical (unpaired) electrons. The smallest absolute Gasteiger partial charge is 0.418 e. The van der Waals surface area contributed by atoms with Gasteiger partial charge in [0.05, 0.1) is 29.3 Å². The number of carbonyl (C=O) groups excluding carboxylic acids is 1. The van der Waals surface area contributed by atoms with E-state index in [0.29, 0.717) is 0 Å². The fourth-order valence-corrected chi connectivity index (χ4v) is 5.95. The second-order valence-corrected chi connectivity index (χ2v) is 10.9. The van der Waals surface area contributed by atoms with E-state index in [-0.39, 0.29) is 27.6 Å². The number of aromatic nitrogens is 4. The Bertz CT molecular complexity index is 1750. The highest BCUT2D eigenvalue weighted by molar-refractivity contribution is 7.89. The van der Waals surface area contributed by atoms with Crippen molar-refractivity contribution in [1.82, 2.24) is 29.2 Å². The van der Waals surface area contributed by atoms with Crippen LogP contribution in [0.15, 0.2) is 53.8 Å². The van der Waals surface area contributed by atoms with Gasteiger partial charge in [-0.3, -0.25) is 4.79 Å². The van der Waals surface area contributed by atoms with Gasteiger partial charge in [0.15, 0.2) is 5.82 Å². The highest BCUT2D eigenvalue weighted by Crippen LogP contribution is 2.39. The maximum absolute atomic E-state index is 14.9. The first kappa shape index (κ1) is 28.2. The normalized spacial score (nSPS) is 18.1. The van der Waals surface area contributed by atoms with Gasteiger partial charge in [-0.05, 0) is 36.4 Å². The number of amides is 1. The summed E-state index contributed by atoms with van der Waals surface area (Å²) in [6, 6.07) is 4.65. The standard InChI is InChI=1S/C24H20F5N7O4S/c1-40-23-15(6-12(8-31-23)19-7-16(24(27,28)29)20-21(30)32-11-33-36(19)20)22(37)34-18-10-35(9-17(18)26)41(38,39)14-4-2-13(25)3-5-14/h2-8,11,17-18H,9-10H2,1H3,(H,34,37)(H2,30,32,33)/t17-,18+/m0/s1. The highest BCUT2D eigenvalue weighted by Gasteiger charge is 2.41. The summed E-state index contributed by atoms with van der Waals surface area (Å²) in [6.07, 6.45) is -4.49. The molecule has 3 aromatic heterocycles. The van der Waals surface area contributed by atoms with Gasteiger partial charge in [0.1, 0.15) is 29.4 Å². The van der Waals surface area contributed by atoms with Crippen molar-refractivity contribution in [2.45, 2.75) is 23.3 Å². The van der Waals surface area contributed by atoms with Crippen LogP contribution in [-0.4, -0.2) is 70.6 Å². The molecule has 0 unspecified atom stereocenters. The van der Waals surface area contributed by atoms with Crippen LogP contribution in [0.1, 0.15) is 15.9 Å². The maximum Gasteiger partial charge on any atom is 0.418 e. The number of nitrogens with zero attached hydrogens (tertiary/aromatic N) is 5. The Hall–Kier alpha value is -4.38. The van der Waals surface area contributed by atoms with E-state index >= 15 is 0 Å². The fraction of sp³-hybridized carbons (Fsp3) is 0.250. The van der Waals surface area contributed by atoms with Crippen molar-refractivity contribution < 1.29 is 39.9 Å². The fourth-order valence-electron chi connectivity index (χ4n) is 4.47. The monoisotopic (exact) mass is 597 g/mol. The number of nitrogens with one attached hydrogen (secondary N) is 1. The van der Waals surface area contributed by atoms with Crippen molar-refractivity contribution in [3.63, 3.8) is 0 Å². The van der Waals surface area contributed by atoms with Gasteiger partial charge in [-0.15, -0.1) is 0 Å². The van der Waals surface area contributed by atoms with Gasteiger partial charge >= 0.3 is 6.18 Å². The summed E-state index contributed by atoms with van der Waals surface area (Å²) in [7, 11) is -2.99. The predicted octanol–water partition coefficient (Wildman–Crippen LogP) is 2.68. The lowest BCUT2D eigenvalue weighted by Gasteiger charge is -2.17. The van der Waals surface area contributed by atoms with Crippen LogP contribution in [0.3, 0.4) is 0 Å². The Morgan fingerprint density at radius 2 is 1.85 bits per heavy atom. The van der Waals surface area contributed by atoms with Crippen LogP contribution in [-0.2, 0) is 16.2 Å². The number of rotatable bonds is 6. The van der Waals surface area contributed by atoms with E-state index in [9.17, 15) is 35.2 Å². The third kappa shape index (κ3) is 5.13. The highest BCUT2D eigenvalue weighted by atomic mass is 32.2. The van der Waals surface area contributed by atoms with Gasteiger partial charge in [-0.2, -0.15) is 22.6 Å². The van der Waals surface area contributed by atoms with Crippen molar-refractivity contribution in [3.8, 4) is 17.1 Å². The van der Waals surface area contributed by atoms with Gasteiger partial charge in [0.2, 0.25) is 15.9 Å². The molecular formula is C24H20F5N7O4S. The molecule has 11 nitrogen and oxygen atoms in total. The van der Waals surface area contributed by atoms with E-state index in [4.69, 9.17) is 10.5 Å². The van der Waals surface area contributed by atoms with E-state index in [1.807, 2.05) is 0 Å². The summed E-state index contributed by atoms with van der Waals surface area (Å²) in [5.41, 5.74) is 3.72. The van der Waals surface area contributed by atoms with Gasteiger partial charge < -0.3 is 15.8 Å². The number of benzene rings is 1. The Morgan fingerprint density at radius 3 is 2.51 bits per heavy atom. The van der Waals surface area contributed by atoms with Crippen molar-refractivity contribution in [1.29, 1.82) is 0 Å². The number of hydrogen-bond donors (Lipinski definition) is 2. The molecule has 0 saturated carbocycles. The average molecular weight is 598 g/mol. The Labute approximate surface area is 228 Å². The Balaban J connectivity index is 1.45. The molecule has 1 aliphatic heterocycles. The minimum absolute atomic E-state index is 0.0169. The largest absolute Gasteiger partial charge is 0.480 e. The second-order valence-electron chi connectivity index (χ2n) is 9.00. The van der Waals surface area contributed by atoms with Crippen LogP contribution in [0.4, 0.5) is 27.8 Å². The van der Waals surface area contributed by atoms with Gasteiger partial charge in [-0.25, -0.2) is 31.7 Å². The summed E-state index contributed by atoms with van der Waals surface area (Å²) in [5, 5.41) is 6.26. The topological polar surface area (TPSA) is 145 Å². The number of pyridine rings is 1. The molecular weight excluding hydrogens is 577 g/mol. The molecule has 0 spiro atoms. The maximum atomic E-state index is 14.9. The SMILES string of the molecule is COc1ncc(-c2cc(C(F)(F)F)c3c(N)ncnn23)cc1C(=O)N[C@@H]1CN(S(=O)(=O)c2ccc(F)cc2)C[C@@H]1F. The first-order valence-corrected chi connectivity index (χ1v) is 13.2. The van der Waals surface area contributed by atoms with Gasteiger partial charge in [0, 0.05) is 24.8 Å². The predicted molar refractivity (Wildman–Crippen MR) is 133 cm³/mol. The quantitative estimate of drug-likeness (QED) is 0.323. The molecule has 2 atom stereocenters. The molecule has 5 rings (SSSR count). The lowest BCUT2D eigenvalue weighted by Crippen LogP contribution is -2.42. The second kappa shape index (κ2) is 10.2. The van der Waals surface area contributed by atoms with Crippen LogP contribution in [0, 0.1) is 5.82 Å². The molecule has 216 valence electrons. The van der Waals surface area contributed by atoms with Gasteiger partial charge in [-0.1, -0.05) is 0 Å². The Kier molecular flexibility index (Phi) is 7.02. The minimum atomic E-state index is -4.80. The molecule has 1 aliphatic rings. The molecule has 4 aromatic rings. The minimum Gasteiger partial charge on any atom is -0.480 e. The van der Waals surface area contributed by atoms with Crippen molar-refractivity contribution in [2.75, 3.05) is 25.9 Å². The molecule has 17 heteroatoms. The number of halogens is 5. The molecule has 4 heterocycles. The van der Waals surface area contributed by atoms with E-state index in [1.165, 1.54) is 13.2 Å². The first-order chi connectivity index (χ1) is 19.3. The summed E-state index contributed by atoms with van der Waals surface area (Å²) in [5.74, 6) is -2.21. The number of ether oxygens (including phenoxy) is 1. The number of hydrogen-bond acceptors (Lipinski definition) is 8. The van der Waals surface area contributed by atoms with Crippen molar-refractivity contribution in [3.05, 3.63) is 65.9 Å². The lowest BCUT2D eigenvalue weighted by atomic mass is 10.1. The summed E-state index contributed by atoms with van der Waals surface area (Å²) < 4.78 is 102. The average Bonchev–Trinajstić information content (AvgIpc) is 3.51. The third-order valence-electron chi connectivity index (χ3n) is 6.46. The zero-order valence-electron chi connectivity index (χ0n) is 20.9. The molecule has 0 aliphatic carbocycles. The Morgan fingerprint density at radius 1 is 1.15 bits per heavy atom. The molecule has 1 fully saturated rings. The van der Waals surface area contributed by atoms with E-state index in [0.717, 1.165) is 51.7 Å². The van der Waals surface area contributed by atoms with Crippen LogP contribution in [0.2, 0.25) is 0 Å². The van der Waals surface area contributed by atoms with E-state index < -0.39 is 70.1 Å². The van der Waals surface area contributed by atoms with Crippen LogP contribution in [0.5, 0.6) is 5.88 Å². The van der Waals surface area contributed by atoms with E-state index in [2.05, 4.69) is 20.4 Å². The van der Waals surface area contributed by atoms with Gasteiger partial charge in [0.25, 0.3) is 5.91 Å². The first-order valence-electron chi connectivity index (χ1n) is 11.8. The number of sulfonamides is 1. The zero-order valence-corrected chi connectivity index (χ0v) is 21.7. The van der Waals surface area contributed by atoms with Crippen molar-refractivity contribution in [2.24, 2.45) is 0 Å². The molecule has 0 bridgehead atoms. The lowest BCUT2D eigenvalue weighted by molar-refractivity contribution is -0.136. The number of methoxy groups -OCH3 is 1. The molecule has 1 saturated heterocycles. The van der Waals surface area contributed by atoms with Crippen LogP contribution in [0.25, 0.3) is 16.8 Å². The summed E-state index contributed by atoms with van der Waals surface area (Å²) in [6.45, 7) is -1.01. The number of anilines is 1. The number of fused-ring (bicyclic) bond motifs is 1. The van der Waals surface area contributed by atoms with E-state index in [1.54, 1.807) is 0 Å². The molecule has 3 N–H and O–H groups in total. The molecule has 1 aromatic carbocycles. The number of nitrogen functional groups attached to an aromatic ring is 1. The number of carbonyl (C=O) groups is 1. The number of alkyl halides is 4. The molecule has 1 amide bonds.